The van der Waals surface area contributed by atoms with E-state index in [1.807, 2.05) is 0 Å². The summed E-state index contributed by atoms with van der Waals surface area (Å²) in [5, 5.41) is 12.7. The second kappa shape index (κ2) is 9.54. The highest BCUT2D eigenvalue weighted by atomic mass is 32.2. The van der Waals surface area contributed by atoms with Crippen LogP contribution in [-0.4, -0.2) is 40.4 Å². The number of hydrogen-bond acceptors (Lipinski definition) is 8. The van der Waals surface area contributed by atoms with E-state index >= 15 is 0 Å². The van der Waals surface area contributed by atoms with Crippen molar-refractivity contribution in [3.05, 3.63) is 66.4 Å². The van der Waals surface area contributed by atoms with Gasteiger partial charge in [-0.05, 0) is 37.3 Å². The molecule has 0 saturated carbocycles. The van der Waals surface area contributed by atoms with Crippen molar-refractivity contribution in [3.8, 4) is 17.0 Å². The largest absolute Gasteiger partial charge is 0.507 e. The van der Waals surface area contributed by atoms with Gasteiger partial charge in [0.25, 0.3) is 10.0 Å². The summed E-state index contributed by atoms with van der Waals surface area (Å²) in [5.74, 6) is -1.29. The van der Waals surface area contributed by atoms with E-state index in [-0.39, 0.29) is 28.6 Å². The molecular formula is C22H18F3N5O5S. The average Bonchev–Trinajstić information content (AvgIpc) is 3.27. The maximum absolute atomic E-state index is 12.8. The van der Waals surface area contributed by atoms with Gasteiger partial charge in [0.15, 0.2) is 0 Å². The fourth-order valence-electron chi connectivity index (χ4n) is 3.23. The summed E-state index contributed by atoms with van der Waals surface area (Å²) >= 11 is 0. The molecule has 0 spiro atoms. The molecule has 0 aliphatic carbocycles. The van der Waals surface area contributed by atoms with Gasteiger partial charge in [-0.3, -0.25) is 9.78 Å². The third-order valence-corrected chi connectivity index (χ3v) is 6.45. The van der Waals surface area contributed by atoms with Crippen molar-refractivity contribution in [3.63, 3.8) is 0 Å². The van der Waals surface area contributed by atoms with Gasteiger partial charge in [-0.2, -0.15) is 17.9 Å². The molecule has 4 aromatic rings. The summed E-state index contributed by atoms with van der Waals surface area (Å²) in [7, 11) is -4.15. The van der Waals surface area contributed by atoms with Crippen molar-refractivity contribution in [2.24, 2.45) is 0 Å². The van der Waals surface area contributed by atoms with E-state index < -0.39 is 39.5 Å². The number of furan rings is 1. The third kappa shape index (κ3) is 5.44. The molecule has 0 radical (unpaired) electrons. The topological polar surface area (TPSA) is 147 Å². The molecule has 4 rings (SSSR count). The number of hydrogen-bond donors (Lipinski definition) is 3. The standard InChI is InChI=1S/C22H18F3N5O5S/c1-12(30-36(33,34)20-6-13-9-26-5-4-19(13)35-20)21(32)27-10-15-8-17(29-11-28-15)16-3-2-14(7-18(16)31)22(23,24)25/h2-9,11-12,30-31H,10H2,1H3,(H,27,32)/t12-/m0/s1. The van der Waals surface area contributed by atoms with Gasteiger partial charge in [0, 0.05) is 29.4 Å². The molecular weight excluding hydrogens is 503 g/mol. The molecule has 0 unspecified atom stereocenters. The number of alkyl halides is 3. The van der Waals surface area contributed by atoms with E-state index in [0.717, 1.165) is 18.5 Å². The van der Waals surface area contributed by atoms with Crippen LogP contribution in [-0.2, 0) is 27.5 Å². The Morgan fingerprint density at radius 1 is 1.17 bits per heavy atom. The molecule has 36 heavy (non-hydrogen) atoms. The lowest BCUT2D eigenvalue weighted by molar-refractivity contribution is -0.137. The van der Waals surface area contributed by atoms with E-state index in [2.05, 4.69) is 25.0 Å². The number of fused-ring (bicyclic) bond motifs is 1. The summed E-state index contributed by atoms with van der Waals surface area (Å²) in [6.45, 7) is 1.20. The molecule has 3 heterocycles. The first kappa shape index (κ1) is 25.1. The van der Waals surface area contributed by atoms with Crippen LogP contribution in [0.1, 0.15) is 18.2 Å². The molecule has 188 valence electrons. The number of halogens is 3. The molecule has 1 amide bonds. The van der Waals surface area contributed by atoms with Crippen LogP contribution in [0, 0.1) is 0 Å². The number of carbonyl (C=O) groups excluding carboxylic acids is 1. The van der Waals surface area contributed by atoms with E-state index in [4.69, 9.17) is 4.42 Å². The Bertz CT molecular complexity index is 1510. The number of aromatic hydroxyl groups is 1. The lowest BCUT2D eigenvalue weighted by Gasteiger charge is -2.13. The first-order valence-corrected chi connectivity index (χ1v) is 11.8. The molecule has 10 nitrogen and oxygen atoms in total. The van der Waals surface area contributed by atoms with Crippen molar-refractivity contribution in [2.45, 2.75) is 30.8 Å². The molecule has 0 aliphatic heterocycles. The quantitative estimate of drug-likeness (QED) is 0.336. The zero-order valence-electron chi connectivity index (χ0n) is 18.4. The summed E-state index contributed by atoms with van der Waals surface area (Å²) in [5.41, 5.74) is -0.247. The predicted octanol–water partition coefficient (Wildman–Crippen LogP) is 2.99. The molecule has 1 aromatic carbocycles. The minimum absolute atomic E-state index is 0.0418. The van der Waals surface area contributed by atoms with Crippen molar-refractivity contribution in [1.29, 1.82) is 0 Å². The Balaban J connectivity index is 1.41. The number of sulfonamides is 1. The molecule has 14 heteroatoms. The Hall–Kier alpha value is -4.04. The Morgan fingerprint density at radius 3 is 2.64 bits per heavy atom. The van der Waals surface area contributed by atoms with Gasteiger partial charge < -0.3 is 14.8 Å². The fraction of sp³-hybridized carbons (Fsp3) is 0.182. The second-order valence-electron chi connectivity index (χ2n) is 7.66. The monoisotopic (exact) mass is 521 g/mol. The first-order valence-electron chi connectivity index (χ1n) is 10.3. The molecule has 0 aliphatic rings. The van der Waals surface area contributed by atoms with Gasteiger partial charge in [0.1, 0.15) is 17.7 Å². The van der Waals surface area contributed by atoms with E-state index in [1.54, 1.807) is 0 Å². The smallest absolute Gasteiger partial charge is 0.416 e. The number of phenols is 1. The van der Waals surface area contributed by atoms with E-state index in [1.165, 1.54) is 37.5 Å². The van der Waals surface area contributed by atoms with Gasteiger partial charge in [-0.1, -0.05) is 0 Å². The maximum atomic E-state index is 12.8. The summed E-state index contributed by atoms with van der Waals surface area (Å²) in [4.78, 5) is 24.3. The Morgan fingerprint density at radius 2 is 1.94 bits per heavy atom. The van der Waals surface area contributed by atoms with Gasteiger partial charge in [-0.25, -0.2) is 18.4 Å². The fourth-order valence-corrected chi connectivity index (χ4v) is 4.40. The molecule has 0 saturated heterocycles. The van der Waals surface area contributed by atoms with E-state index in [0.29, 0.717) is 17.0 Å². The minimum Gasteiger partial charge on any atom is -0.507 e. The van der Waals surface area contributed by atoms with Crippen LogP contribution in [0.25, 0.3) is 22.2 Å². The predicted molar refractivity (Wildman–Crippen MR) is 120 cm³/mol. The SMILES string of the molecule is C[C@H](NS(=O)(=O)c1cc2cnccc2o1)C(=O)NCc1cc(-c2ccc(C(F)(F)F)cc2O)ncn1. The van der Waals surface area contributed by atoms with Crippen molar-refractivity contribution >= 4 is 26.9 Å². The average molecular weight is 521 g/mol. The van der Waals surface area contributed by atoms with Crippen LogP contribution in [0.15, 0.2) is 64.6 Å². The zero-order chi connectivity index (χ0) is 26.1. The summed E-state index contributed by atoms with van der Waals surface area (Å²) in [6, 6.07) is 5.46. The normalized spacial score (nSPS) is 13.0. The maximum Gasteiger partial charge on any atom is 0.416 e. The number of benzene rings is 1. The van der Waals surface area contributed by atoms with Crippen LogP contribution in [0.5, 0.6) is 5.75 Å². The van der Waals surface area contributed by atoms with Crippen molar-refractivity contribution in [1.82, 2.24) is 25.0 Å². The summed E-state index contributed by atoms with van der Waals surface area (Å²) in [6.07, 6.45) is -0.606. The highest BCUT2D eigenvalue weighted by molar-refractivity contribution is 7.89. The number of nitrogens with zero attached hydrogens (tertiary/aromatic N) is 3. The number of pyridine rings is 1. The lowest BCUT2D eigenvalue weighted by atomic mass is 10.1. The van der Waals surface area contributed by atoms with Gasteiger partial charge >= 0.3 is 6.18 Å². The highest BCUT2D eigenvalue weighted by Gasteiger charge is 2.31. The Labute approximate surface area is 202 Å². The Kier molecular flexibility index (Phi) is 6.65. The van der Waals surface area contributed by atoms with Crippen LogP contribution >= 0.6 is 0 Å². The molecule has 0 fully saturated rings. The number of rotatable bonds is 7. The van der Waals surface area contributed by atoms with Crippen LogP contribution in [0.3, 0.4) is 0 Å². The second-order valence-corrected chi connectivity index (χ2v) is 9.31. The van der Waals surface area contributed by atoms with Gasteiger partial charge in [0.05, 0.1) is 29.5 Å². The van der Waals surface area contributed by atoms with Crippen LogP contribution in [0.4, 0.5) is 13.2 Å². The highest BCUT2D eigenvalue weighted by Crippen LogP contribution is 2.35. The molecule has 0 bridgehead atoms. The number of carbonyl (C=O) groups is 1. The molecule has 1 atom stereocenters. The number of phenolic OH excluding ortho intramolecular Hbond substituents is 1. The van der Waals surface area contributed by atoms with Gasteiger partial charge in [0.2, 0.25) is 11.0 Å². The first-order chi connectivity index (χ1) is 16.9. The van der Waals surface area contributed by atoms with Crippen molar-refractivity contribution < 1.29 is 35.9 Å². The third-order valence-electron chi connectivity index (χ3n) is 5.05. The number of nitrogens with one attached hydrogen (secondary N) is 2. The molecule has 3 N–H and O–H groups in total. The lowest BCUT2D eigenvalue weighted by Crippen LogP contribution is -2.44. The van der Waals surface area contributed by atoms with Gasteiger partial charge in [-0.15, -0.1) is 0 Å². The van der Waals surface area contributed by atoms with Crippen LogP contribution < -0.4 is 10.0 Å². The number of amides is 1. The number of aromatic nitrogens is 3. The minimum atomic E-state index is -4.61. The zero-order valence-corrected chi connectivity index (χ0v) is 19.3. The van der Waals surface area contributed by atoms with Crippen molar-refractivity contribution in [2.75, 3.05) is 0 Å². The summed E-state index contributed by atoms with van der Waals surface area (Å²) < 4.78 is 71.2. The molecule has 3 aromatic heterocycles. The van der Waals surface area contributed by atoms with E-state index in [9.17, 15) is 31.5 Å². The van der Waals surface area contributed by atoms with Crippen LogP contribution in [0.2, 0.25) is 0 Å².